The monoisotopic (exact) mass is 255 g/mol. The molecule has 1 N–H and O–H groups in total. The van der Waals surface area contributed by atoms with E-state index in [9.17, 15) is 5.11 Å². The highest BCUT2D eigenvalue weighted by molar-refractivity contribution is 6.30. The second kappa shape index (κ2) is 5.25. The number of nitrogens with zero attached hydrogens (tertiary/aromatic N) is 1. The Balaban J connectivity index is 2.07. The number of halogens is 1. The van der Waals surface area contributed by atoms with Gasteiger partial charge in [0.2, 0.25) is 0 Å². The summed E-state index contributed by atoms with van der Waals surface area (Å²) in [6.45, 7) is 6.62. The van der Waals surface area contributed by atoms with Gasteiger partial charge in [0.25, 0.3) is 0 Å². The van der Waals surface area contributed by atoms with Crippen LogP contribution in [0.1, 0.15) is 19.4 Å². The van der Waals surface area contributed by atoms with Crippen LogP contribution in [-0.2, 0) is 11.3 Å². The first-order valence-corrected chi connectivity index (χ1v) is 6.27. The molecule has 1 aliphatic rings. The molecular weight excluding hydrogens is 238 g/mol. The molecule has 0 aromatic heterocycles. The Kier molecular flexibility index (Phi) is 3.92. The van der Waals surface area contributed by atoms with E-state index >= 15 is 0 Å². The molecule has 0 bridgehead atoms. The molecule has 4 heteroatoms. The molecule has 0 saturated carbocycles. The Morgan fingerprint density at radius 3 is 2.65 bits per heavy atom. The van der Waals surface area contributed by atoms with Gasteiger partial charge < -0.3 is 9.84 Å². The van der Waals surface area contributed by atoms with Crippen LogP contribution in [-0.4, -0.2) is 35.3 Å². The van der Waals surface area contributed by atoms with E-state index in [0.29, 0.717) is 17.3 Å². The van der Waals surface area contributed by atoms with Crippen LogP contribution in [0.4, 0.5) is 0 Å². The summed E-state index contributed by atoms with van der Waals surface area (Å²) in [5.41, 5.74) is 0.874. The minimum atomic E-state index is 0.236. The highest BCUT2D eigenvalue weighted by atomic mass is 35.5. The van der Waals surface area contributed by atoms with Gasteiger partial charge in [0.15, 0.2) is 0 Å². The van der Waals surface area contributed by atoms with Gasteiger partial charge in [-0.05, 0) is 32.0 Å². The summed E-state index contributed by atoms with van der Waals surface area (Å²) in [6.07, 6.45) is 0.472. The molecule has 3 nitrogen and oxygen atoms in total. The number of benzene rings is 1. The Bertz CT molecular complexity index is 387. The number of morpholine rings is 1. The SMILES string of the molecule is CC1CN(Cc2cc(Cl)ccc2O)CC(C)O1. The molecule has 2 atom stereocenters. The second-order valence-corrected chi connectivity index (χ2v) is 5.16. The number of ether oxygens (including phenoxy) is 1. The van der Waals surface area contributed by atoms with E-state index in [2.05, 4.69) is 18.7 Å². The van der Waals surface area contributed by atoms with Crippen LogP contribution in [0.25, 0.3) is 0 Å². The van der Waals surface area contributed by atoms with Crippen molar-refractivity contribution in [3.05, 3.63) is 28.8 Å². The Morgan fingerprint density at radius 1 is 1.35 bits per heavy atom. The fraction of sp³-hybridized carbons (Fsp3) is 0.538. The van der Waals surface area contributed by atoms with Gasteiger partial charge in [0.1, 0.15) is 5.75 Å². The lowest BCUT2D eigenvalue weighted by Crippen LogP contribution is -2.44. The number of hydrogen-bond donors (Lipinski definition) is 1. The van der Waals surface area contributed by atoms with Crippen LogP contribution < -0.4 is 0 Å². The molecule has 2 rings (SSSR count). The number of aromatic hydroxyl groups is 1. The molecule has 0 aliphatic carbocycles. The molecule has 1 aromatic rings. The van der Waals surface area contributed by atoms with Crippen LogP contribution in [0.2, 0.25) is 5.02 Å². The third kappa shape index (κ3) is 3.35. The summed E-state index contributed by atoms with van der Waals surface area (Å²) >= 11 is 5.94. The number of phenols is 1. The van der Waals surface area contributed by atoms with E-state index < -0.39 is 0 Å². The molecule has 1 saturated heterocycles. The zero-order chi connectivity index (χ0) is 12.4. The van der Waals surface area contributed by atoms with E-state index in [1.807, 2.05) is 6.07 Å². The van der Waals surface area contributed by atoms with Crippen molar-refractivity contribution in [2.24, 2.45) is 0 Å². The second-order valence-electron chi connectivity index (χ2n) is 4.72. The summed E-state index contributed by atoms with van der Waals surface area (Å²) in [4.78, 5) is 2.28. The fourth-order valence-corrected chi connectivity index (χ4v) is 2.53. The molecule has 0 spiro atoms. The third-order valence-electron chi connectivity index (χ3n) is 2.93. The van der Waals surface area contributed by atoms with Gasteiger partial charge in [-0.3, -0.25) is 4.90 Å². The Hall–Kier alpha value is -0.770. The normalized spacial score (nSPS) is 26.1. The minimum absolute atomic E-state index is 0.236. The van der Waals surface area contributed by atoms with Gasteiger partial charge in [-0.1, -0.05) is 11.6 Å². The van der Waals surface area contributed by atoms with E-state index in [1.165, 1.54) is 0 Å². The minimum Gasteiger partial charge on any atom is -0.508 e. The molecule has 94 valence electrons. The maximum atomic E-state index is 9.78. The van der Waals surface area contributed by atoms with Gasteiger partial charge >= 0.3 is 0 Å². The van der Waals surface area contributed by atoms with E-state index in [0.717, 1.165) is 18.7 Å². The van der Waals surface area contributed by atoms with Crippen LogP contribution in [0.15, 0.2) is 18.2 Å². The van der Waals surface area contributed by atoms with Gasteiger partial charge in [0.05, 0.1) is 12.2 Å². The van der Waals surface area contributed by atoms with Crippen LogP contribution in [0.3, 0.4) is 0 Å². The highest BCUT2D eigenvalue weighted by Crippen LogP contribution is 2.24. The first-order chi connectivity index (χ1) is 8.04. The van der Waals surface area contributed by atoms with E-state index in [4.69, 9.17) is 16.3 Å². The highest BCUT2D eigenvalue weighted by Gasteiger charge is 2.22. The lowest BCUT2D eigenvalue weighted by atomic mass is 10.1. The number of hydrogen-bond acceptors (Lipinski definition) is 3. The van der Waals surface area contributed by atoms with Crippen LogP contribution >= 0.6 is 11.6 Å². The number of phenolic OH excluding ortho intramolecular Hbond substituents is 1. The fourth-order valence-electron chi connectivity index (χ4n) is 2.34. The first kappa shape index (κ1) is 12.7. The summed E-state index contributed by atoms with van der Waals surface area (Å²) < 4.78 is 5.68. The van der Waals surface area contributed by atoms with Crippen molar-refractivity contribution in [1.82, 2.24) is 4.90 Å². The Morgan fingerprint density at radius 2 is 2.00 bits per heavy atom. The summed E-state index contributed by atoms with van der Waals surface area (Å²) in [5, 5.41) is 10.4. The maximum absolute atomic E-state index is 9.78. The maximum Gasteiger partial charge on any atom is 0.120 e. The zero-order valence-corrected chi connectivity index (χ0v) is 10.9. The molecule has 0 amide bonds. The molecule has 1 aliphatic heterocycles. The molecular formula is C13H18ClNO2. The summed E-state index contributed by atoms with van der Waals surface area (Å²) in [7, 11) is 0. The largest absolute Gasteiger partial charge is 0.508 e. The lowest BCUT2D eigenvalue weighted by Gasteiger charge is -2.35. The van der Waals surface area contributed by atoms with Crippen LogP contribution in [0.5, 0.6) is 5.75 Å². The van der Waals surface area contributed by atoms with Gasteiger partial charge in [0, 0.05) is 30.2 Å². The van der Waals surface area contributed by atoms with Crippen molar-refractivity contribution in [3.8, 4) is 5.75 Å². The predicted molar refractivity (Wildman–Crippen MR) is 68.4 cm³/mol. The van der Waals surface area contributed by atoms with Gasteiger partial charge in [-0.15, -0.1) is 0 Å². The quantitative estimate of drug-likeness (QED) is 0.882. The zero-order valence-electron chi connectivity index (χ0n) is 10.2. The standard InChI is InChI=1S/C13H18ClNO2/c1-9-6-15(7-10(2)17-9)8-11-5-12(14)3-4-13(11)16/h3-5,9-10,16H,6-8H2,1-2H3. The molecule has 0 radical (unpaired) electrons. The number of rotatable bonds is 2. The van der Waals surface area contributed by atoms with Crippen LogP contribution in [0, 0.1) is 0 Å². The molecule has 1 fully saturated rings. The van der Waals surface area contributed by atoms with Crippen molar-refractivity contribution in [1.29, 1.82) is 0 Å². The van der Waals surface area contributed by atoms with Crippen molar-refractivity contribution in [2.75, 3.05) is 13.1 Å². The molecule has 1 aromatic carbocycles. The summed E-state index contributed by atoms with van der Waals surface area (Å²) in [6, 6.07) is 5.16. The van der Waals surface area contributed by atoms with E-state index in [-0.39, 0.29) is 12.2 Å². The smallest absolute Gasteiger partial charge is 0.120 e. The topological polar surface area (TPSA) is 32.7 Å². The lowest BCUT2D eigenvalue weighted by molar-refractivity contribution is -0.0706. The average Bonchev–Trinajstić information content (AvgIpc) is 2.22. The molecule has 1 heterocycles. The molecule has 17 heavy (non-hydrogen) atoms. The van der Waals surface area contributed by atoms with Gasteiger partial charge in [-0.2, -0.15) is 0 Å². The third-order valence-corrected chi connectivity index (χ3v) is 3.17. The van der Waals surface area contributed by atoms with Gasteiger partial charge in [-0.25, -0.2) is 0 Å². The van der Waals surface area contributed by atoms with Crippen molar-refractivity contribution in [3.63, 3.8) is 0 Å². The predicted octanol–water partition coefficient (Wildman–Crippen LogP) is 2.65. The first-order valence-electron chi connectivity index (χ1n) is 5.90. The van der Waals surface area contributed by atoms with Crippen molar-refractivity contribution < 1.29 is 9.84 Å². The average molecular weight is 256 g/mol. The molecule has 2 unspecified atom stereocenters. The summed E-state index contributed by atoms with van der Waals surface area (Å²) in [5.74, 6) is 0.307. The van der Waals surface area contributed by atoms with Crippen molar-refractivity contribution in [2.45, 2.75) is 32.6 Å². The Labute approximate surface area is 107 Å². The van der Waals surface area contributed by atoms with Crippen molar-refractivity contribution >= 4 is 11.6 Å². The van der Waals surface area contributed by atoms with E-state index in [1.54, 1.807) is 12.1 Å².